The summed E-state index contributed by atoms with van der Waals surface area (Å²) in [6, 6.07) is 0. The highest BCUT2D eigenvalue weighted by atomic mass is 16.3. The van der Waals surface area contributed by atoms with Crippen LogP contribution in [-0.4, -0.2) is 35.6 Å². The van der Waals surface area contributed by atoms with Crippen molar-refractivity contribution in [2.75, 3.05) is 13.1 Å². The molecular weight excluding hydrogens is 168 g/mol. The van der Waals surface area contributed by atoms with Gasteiger partial charge >= 0.3 is 0 Å². The highest BCUT2D eigenvalue weighted by Crippen LogP contribution is 2.11. The lowest BCUT2D eigenvalue weighted by Gasteiger charge is -2.20. The van der Waals surface area contributed by atoms with Crippen molar-refractivity contribution in [3.05, 3.63) is 0 Å². The van der Waals surface area contributed by atoms with Crippen LogP contribution >= 0.6 is 0 Å². The van der Waals surface area contributed by atoms with Gasteiger partial charge in [-0.3, -0.25) is 5.32 Å². The van der Waals surface area contributed by atoms with E-state index in [9.17, 15) is 5.11 Å². The third-order valence-electron chi connectivity index (χ3n) is 2.26. The molecule has 0 aromatic rings. The lowest BCUT2D eigenvalue weighted by molar-refractivity contribution is 0.0999. The lowest BCUT2D eigenvalue weighted by atomic mass is 9.96. The molecule has 0 aromatic heterocycles. The van der Waals surface area contributed by atoms with Gasteiger partial charge in [-0.05, 0) is 25.8 Å². The summed E-state index contributed by atoms with van der Waals surface area (Å²) in [6.07, 6.45) is 0.868. The Morgan fingerprint density at radius 3 is 2.38 bits per heavy atom. The molecule has 80 valence electrons. The molecule has 0 aliphatic rings. The topological polar surface area (TPSA) is 78.5 Å². The molecule has 0 amide bonds. The zero-order valence-corrected chi connectivity index (χ0v) is 8.53. The molecule has 0 heterocycles. The van der Waals surface area contributed by atoms with Crippen LogP contribution in [0.15, 0.2) is 0 Å². The Morgan fingerprint density at radius 1 is 1.38 bits per heavy atom. The predicted molar refractivity (Wildman–Crippen MR) is 53.1 cm³/mol. The van der Waals surface area contributed by atoms with E-state index in [1.165, 1.54) is 0 Å². The number of nitrogens with two attached hydrogens (primary N) is 1. The fourth-order valence-corrected chi connectivity index (χ4v) is 1.34. The molecule has 0 aromatic carbocycles. The van der Waals surface area contributed by atoms with Crippen LogP contribution in [0.2, 0.25) is 0 Å². The second-order valence-electron chi connectivity index (χ2n) is 3.39. The van der Waals surface area contributed by atoms with E-state index in [0.29, 0.717) is 13.1 Å². The molecule has 0 rings (SSSR count). The molecule has 0 aliphatic carbocycles. The fraction of sp³-hybridized carbons (Fsp3) is 1.00. The van der Waals surface area contributed by atoms with Crippen LogP contribution in [-0.2, 0) is 0 Å². The van der Waals surface area contributed by atoms with Crippen molar-refractivity contribution in [1.29, 1.82) is 0 Å². The van der Waals surface area contributed by atoms with Crippen LogP contribution in [0.25, 0.3) is 0 Å². The first kappa shape index (κ1) is 12.8. The third-order valence-corrected chi connectivity index (χ3v) is 2.26. The molecule has 4 heteroatoms. The van der Waals surface area contributed by atoms with Gasteiger partial charge in [-0.15, -0.1) is 0 Å². The van der Waals surface area contributed by atoms with E-state index < -0.39 is 12.3 Å². The van der Waals surface area contributed by atoms with E-state index in [0.717, 1.165) is 12.8 Å². The number of nitrogens with one attached hydrogen (secondary N) is 1. The first-order chi connectivity index (χ1) is 6.11. The summed E-state index contributed by atoms with van der Waals surface area (Å²) >= 11 is 0. The number of hydrogen-bond acceptors (Lipinski definition) is 4. The minimum Gasteiger partial charge on any atom is -0.392 e. The maximum absolute atomic E-state index is 9.47. The molecule has 0 spiro atoms. The average molecular weight is 190 g/mol. The molecule has 0 aliphatic heterocycles. The molecule has 0 saturated heterocycles. The maximum Gasteiger partial charge on any atom is 0.102 e. The Morgan fingerprint density at radius 2 is 2.00 bits per heavy atom. The number of rotatable bonds is 7. The van der Waals surface area contributed by atoms with E-state index in [1.807, 2.05) is 6.92 Å². The first-order valence-electron chi connectivity index (χ1n) is 4.91. The van der Waals surface area contributed by atoms with Crippen molar-refractivity contribution in [3.8, 4) is 0 Å². The van der Waals surface area contributed by atoms with E-state index in [1.54, 1.807) is 6.92 Å². The zero-order valence-electron chi connectivity index (χ0n) is 8.53. The van der Waals surface area contributed by atoms with E-state index in [-0.39, 0.29) is 5.92 Å². The summed E-state index contributed by atoms with van der Waals surface area (Å²) in [5, 5.41) is 21.3. The molecule has 5 N–H and O–H groups in total. The lowest BCUT2D eigenvalue weighted by Crippen LogP contribution is -2.33. The van der Waals surface area contributed by atoms with Crippen LogP contribution in [0, 0.1) is 5.92 Å². The molecule has 0 saturated carbocycles. The van der Waals surface area contributed by atoms with Crippen LogP contribution in [0.5, 0.6) is 0 Å². The third kappa shape index (κ3) is 5.99. The maximum atomic E-state index is 9.47. The normalized spacial score (nSPS) is 18.2. The monoisotopic (exact) mass is 190 g/mol. The van der Waals surface area contributed by atoms with Crippen LogP contribution in [0.1, 0.15) is 26.7 Å². The Balaban J connectivity index is 3.59. The minimum absolute atomic E-state index is 0.233. The zero-order chi connectivity index (χ0) is 10.3. The predicted octanol–water partition coefficient (Wildman–Crippen LogP) is -0.350. The van der Waals surface area contributed by atoms with Gasteiger partial charge in [0.05, 0.1) is 6.10 Å². The quantitative estimate of drug-likeness (QED) is 0.414. The van der Waals surface area contributed by atoms with Crippen LogP contribution in [0.4, 0.5) is 0 Å². The Kier molecular flexibility index (Phi) is 7.17. The summed E-state index contributed by atoms with van der Waals surface area (Å²) < 4.78 is 0. The molecule has 13 heavy (non-hydrogen) atoms. The van der Waals surface area contributed by atoms with Gasteiger partial charge in [-0.2, -0.15) is 0 Å². The summed E-state index contributed by atoms with van der Waals surface area (Å²) in [6.45, 7) is 4.74. The fourth-order valence-electron chi connectivity index (χ4n) is 1.34. The van der Waals surface area contributed by atoms with Gasteiger partial charge in [0.2, 0.25) is 0 Å². The summed E-state index contributed by atoms with van der Waals surface area (Å²) in [5.41, 5.74) is 5.36. The Bertz CT molecular complexity index is 120. The van der Waals surface area contributed by atoms with Gasteiger partial charge < -0.3 is 15.9 Å². The minimum atomic E-state index is -0.479. The number of hydrogen-bond donors (Lipinski definition) is 4. The smallest absolute Gasteiger partial charge is 0.102 e. The van der Waals surface area contributed by atoms with E-state index in [2.05, 4.69) is 5.32 Å². The van der Waals surface area contributed by atoms with Gasteiger partial charge in [-0.25, -0.2) is 0 Å². The summed E-state index contributed by atoms with van der Waals surface area (Å²) in [4.78, 5) is 0. The van der Waals surface area contributed by atoms with E-state index in [4.69, 9.17) is 10.8 Å². The average Bonchev–Trinajstić information content (AvgIpc) is 2.11. The van der Waals surface area contributed by atoms with Gasteiger partial charge in [0.25, 0.3) is 0 Å². The highest BCUT2D eigenvalue weighted by Gasteiger charge is 2.15. The van der Waals surface area contributed by atoms with Crippen molar-refractivity contribution in [3.63, 3.8) is 0 Å². The van der Waals surface area contributed by atoms with Crippen molar-refractivity contribution in [1.82, 2.24) is 5.32 Å². The largest absolute Gasteiger partial charge is 0.392 e. The molecular formula is C9H22N2O2. The highest BCUT2D eigenvalue weighted by molar-refractivity contribution is 4.69. The second-order valence-corrected chi connectivity index (χ2v) is 3.39. The SMILES string of the molecule is CCC(CCNC(C)O)C(O)CN. The number of aliphatic hydroxyl groups is 2. The van der Waals surface area contributed by atoms with Gasteiger partial charge in [-0.1, -0.05) is 13.3 Å². The van der Waals surface area contributed by atoms with Crippen molar-refractivity contribution < 1.29 is 10.2 Å². The first-order valence-corrected chi connectivity index (χ1v) is 4.91. The van der Waals surface area contributed by atoms with Crippen molar-refractivity contribution >= 4 is 0 Å². The summed E-state index contributed by atoms with van der Waals surface area (Å²) in [7, 11) is 0. The van der Waals surface area contributed by atoms with Crippen molar-refractivity contribution in [2.24, 2.45) is 11.7 Å². The summed E-state index contributed by atoms with van der Waals surface area (Å²) in [5.74, 6) is 0.233. The molecule has 0 radical (unpaired) electrons. The van der Waals surface area contributed by atoms with Gasteiger partial charge in [0.1, 0.15) is 6.23 Å². The standard InChI is InChI=1S/C9H22N2O2/c1-3-8(9(13)6-10)4-5-11-7(2)12/h7-9,11-13H,3-6,10H2,1-2H3. The van der Waals surface area contributed by atoms with E-state index >= 15 is 0 Å². The van der Waals surface area contributed by atoms with Crippen LogP contribution in [0.3, 0.4) is 0 Å². The number of aliphatic hydroxyl groups excluding tert-OH is 2. The Hall–Kier alpha value is -0.160. The van der Waals surface area contributed by atoms with Crippen LogP contribution < -0.4 is 11.1 Å². The van der Waals surface area contributed by atoms with Gasteiger partial charge in [0, 0.05) is 6.54 Å². The second kappa shape index (κ2) is 7.26. The molecule has 3 unspecified atom stereocenters. The van der Waals surface area contributed by atoms with Gasteiger partial charge in [0.15, 0.2) is 0 Å². The molecule has 4 nitrogen and oxygen atoms in total. The molecule has 0 bridgehead atoms. The Labute approximate surface area is 80.1 Å². The molecule has 3 atom stereocenters. The molecule has 0 fully saturated rings. The van der Waals surface area contributed by atoms with Crippen molar-refractivity contribution in [2.45, 2.75) is 39.0 Å².